The minimum Gasteiger partial charge on any atom is -0.504 e. The number of nitrogens with two attached hydrogens (primary N) is 1. The minimum absolute atomic E-state index is 0.183. The summed E-state index contributed by atoms with van der Waals surface area (Å²) in [4.78, 5) is 0. The van der Waals surface area contributed by atoms with Crippen LogP contribution in [-0.2, 0) is 5.41 Å². The fraction of sp³-hybridized carbons (Fsp3) is 0.0345. The quantitative estimate of drug-likeness (QED) is 0.0810. The number of fused-ring (bicyclic) bond motifs is 12. The zero-order chi connectivity index (χ0) is 26.8. The molecule has 0 unspecified atom stereocenters. The van der Waals surface area contributed by atoms with Gasteiger partial charge in [-0.1, -0.05) is 42.5 Å². The van der Waals surface area contributed by atoms with Crippen LogP contribution in [0, 0.1) is 0 Å². The van der Waals surface area contributed by atoms with Gasteiger partial charge in [0.15, 0.2) is 23.0 Å². The van der Waals surface area contributed by atoms with Crippen LogP contribution in [0.4, 0.5) is 5.69 Å². The van der Waals surface area contributed by atoms with Gasteiger partial charge in [-0.2, -0.15) is 0 Å². The monoisotopic (exact) mass is 509 g/mol. The lowest BCUT2D eigenvalue weighted by Crippen LogP contribution is -2.26. The third-order valence-electron chi connectivity index (χ3n) is 7.83. The highest BCUT2D eigenvalue weighted by Gasteiger charge is 2.59. The summed E-state index contributed by atoms with van der Waals surface area (Å²) < 4.78 is 0. The van der Waals surface area contributed by atoms with E-state index < -0.39 is 51.4 Å². The molecule has 0 amide bonds. The van der Waals surface area contributed by atoms with Gasteiger partial charge in [0.25, 0.3) is 0 Å². The van der Waals surface area contributed by atoms with Crippen LogP contribution in [0.2, 0.25) is 0 Å². The second-order valence-corrected chi connectivity index (χ2v) is 9.55. The van der Waals surface area contributed by atoms with Crippen LogP contribution < -0.4 is 5.73 Å². The minimum atomic E-state index is -1.77. The van der Waals surface area contributed by atoms with Gasteiger partial charge in [0.1, 0.15) is 0 Å². The molecule has 0 saturated carbocycles. The number of anilines is 1. The molecule has 188 valence electrons. The second-order valence-electron chi connectivity index (χ2n) is 9.55. The van der Waals surface area contributed by atoms with E-state index in [9.17, 15) is 40.9 Å². The Kier molecular flexibility index (Phi) is 3.82. The van der Waals surface area contributed by atoms with Crippen molar-refractivity contribution < 1.29 is 40.9 Å². The average molecular weight is 509 g/mol. The van der Waals surface area contributed by atoms with E-state index in [1.807, 2.05) is 30.3 Å². The number of hydrogen-bond acceptors (Lipinski definition) is 9. The van der Waals surface area contributed by atoms with Gasteiger partial charge in [-0.15, -0.1) is 0 Å². The van der Waals surface area contributed by atoms with Crippen LogP contribution in [0.15, 0.2) is 54.6 Å². The van der Waals surface area contributed by atoms with E-state index in [1.54, 1.807) is 24.3 Å². The Hall–Kier alpha value is -5.44. The van der Waals surface area contributed by atoms with Gasteiger partial charge in [-0.3, -0.25) is 0 Å². The summed E-state index contributed by atoms with van der Waals surface area (Å²) in [6.45, 7) is 0. The number of aromatic hydroxyl groups is 8. The first-order valence-corrected chi connectivity index (χ1v) is 11.6. The number of phenols is 8. The highest BCUT2D eigenvalue weighted by molar-refractivity contribution is 6.08. The standard InChI is InChI=1S/C29H19NO8/c30-11-6-8-13-14-7-5-10-3-1-2-4-12(10)18(14)29(15(13)9-11)19-16(21(31)25(35)27(37)23(19)33)17-20(29)24(34)28(38)26(36)22(17)32/h1-9,31-38H,30H2. The molecular weight excluding hydrogens is 490 g/mol. The first kappa shape index (κ1) is 21.8. The normalized spacial score (nSPS) is 13.9. The highest BCUT2D eigenvalue weighted by Crippen LogP contribution is 2.74. The summed E-state index contributed by atoms with van der Waals surface area (Å²) in [7, 11) is 0. The Bertz CT molecular complexity index is 1860. The average Bonchev–Trinajstić information content (AvgIpc) is 3.39. The van der Waals surface area contributed by atoms with Crippen LogP contribution in [-0.4, -0.2) is 40.9 Å². The Morgan fingerprint density at radius 2 is 1.03 bits per heavy atom. The molecule has 0 saturated heterocycles. The van der Waals surface area contributed by atoms with Crippen molar-refractivity contribution in [1.29, 1.82) is 0 Å². The van der Waals surface area contributed by atoms with Gasteiger partial charge in [-0.25, -0.2) is 0 Å². The first-order valence-electron chi connectivity index (χ1n) is 11.6. The molecule has 2 aliphatic carbocycles. The van der Waals surface area contributed by atoms with Gasteiger partial charge in [0.2, 0.25) is 23.0 Å². The molecule has 5 aromatic rings. The van der Waals surface area contributed by atoms with Gasteiger partial charge >= 0.3 is 0 Å². The molecule has 0 bridgehead atoms. The molecule has 2 aliphatic rings. The lowest BCUT2D eigenvalue weighted by molar-refractivity contribution is 0.342. The van der Waals surface area contributed by atoms with E-state index in [2.05, 4.69) is 0 Å². The molecule has 1 spiro atoms. The SMILES string of the molecule is Nc1ccc2c(c1)C1(c3c(O)c(O)c(O)c(O)c3-c3c(O)c(O)c(O)c(O)c31)c1c-2ccc2ccccc12. The van der Waals surface area contributed by atoms with Crippen LogP contribution in [0.25, 0.3) is 33.0 Å². The summed E-state index contributed by atoms with van der Waals surface area (Å²) in [5, 5.41) is 88.6. The first-order chi connectivity index (χ1) is 18.1. The largest absolute Gasteiger partial charge is 0.504 e. The third-order valence-corrected chi connectivity index (χ3v) is 7.83. The predicted octanol–water partition coefficient (Wildman–Crippen LogP) is 4.41. The fourth-order valence-electron chi connectivity index (χ4n) is 6.40. The Morgan fingerprint density at radius 1 is 0.500 bits per heavy atom. The van der Waals surface area contributed by atoms with Crippen molar-refractivity contribution in [2.24, 2.45) is 0 Å². The highest BCUT2D eigenvalue weighted by atomic mass is 16.4. The Morgan fingerprint density at radius 3 is 1.63 bits per heavy atom. The molecule has 0 aromatic heterocycles. The van der Waals surface area contributed by atoms with Crippen molar-refractivity contribution in [1.82, 2.24) is 0 Å². The van der Waals surface area contributed by atoms with Crippen LogP contribution >= 0.6 is 0 Å². The summed E-state index contributed by atoms with van der Waals surface area (Å²) in [6.07, 6.45) is 0. The van der Waals surface area contributed by atoms with Crippen molar-refractivity contribution in [3.8, 4) is 68.2 Å². The van der Waals surface area contributed by atoms with Gasteiger partial charge in [0.05, 0.1) is 5.41 Å². The number of rotatable bonds is 0. The number of nitrogen functional groups attached to an aromatic ring is 1. The van der Waals surface area contributed by atoms with E-state index in [0.717, 1.165) is 5.39 Å². The number of benzene rings is 5. The predicted molar refractivity (Wildman–Crippen MR) is 138 cm³/mol. The Balaban J connectivity index is 1.87. The Labute approximate surface area is 213 Å². The molecule has 9 heteroatoms. The summed E-state index contributed by atoms with van der Waals surface area (Å²) in [6, 6.07) is 16.0. The molecule has 5 aromatic carbocycles. The molecule has 0 fully saturated rings. The maximum Gasteiger partial charge on any atom is 0.204 e. The van der Waals surface area contributed by atoms with Crippen molar-refractivity contribution in [3.05, 3.63) is 76.9 Å². The molecule has 38 heavy (non-hydrogen) atoms. The summed E-state index contributed by atoms with van der Waals surface area (Å²) in [5.74, 6) is -7.68. The fourth-order valence-corrected chi connectivity index (χ4v) is 6.40. The zero-order valence-corrected chi connectivity index (χ0v) is 19.4. The smallest absolute Gasteiger partial charge is 0.204 e. The maximum absolute atomic E-state index is 11.4. The van der Waals surface area contributed by atoms with E-state index >= 15 is 0 Å². The molecule has 0 radical (unpaired) electrons. The maximum atomic E-state index is 11.4. The zero-order valence-electron chi connectivity index (χ0n) is 19.4. The summed E-state index contributed by atoms with van der Waals surface area (Å²) in [5.41, 5.74) is 5.90. The molecule has 0 heterocycles. The molecule has 10 N–H and O–H groups in total. The van der Waals surface area contributed by atoms with Crippen LogP contribution in [0.1, 0.15) is 22.3 Å². The third kappa shape index (κ3) is 2.15. The number of hydrogen-bond donors (Lipinski definition) is 9. The molecule has 0 aliphatic heterocycles. The molecule has 7 rings (SSSR count). The molecule has 0 atom stereocenters. The van der Waals surface area contributed by atoms with Gasteiger partial charge in [0, 0.05) is 27.9 Å². The van der Waals surface area contributed by atoms with E-state index in [4.69, 9.17) is 5.73 Å². The van der Waals surface area contributed by atoms with Gasteiger partial charge in [-0.05, 0) is 45.2 Å². The lowest BCUT2D eigenvalue weighted by atomic mass is 9.68. The van der Waals surface area contributed by atoms with Crippen molar-refractivity contribution in [2.75, 3.05) is 5.73 Å². The van der Waals surface area contributed by atoms with Crippen molar-refractivity contribution in [3.63, 3.8) is 0 Å². The number of phenolic OH excluding ortho intramolecular Hbond substituents is 8. The summed E-state index contributed by atoms with van der Waals surface area (Å²) >= 11 is 0. The second kappa shape index (κ2) is 6.65. The van der Waals surface area contributed by atoms with Crippen LogP contribution in [0.5, 0.6) is 46.0 Å². The topological polar surface area (TPSA) is 188 Å². The molecular formula is C29H19NO8. The van der Waals surface area contributed by atoms with Gasteiger partial charge < -0.3 is 46.6 Å². The lowest BCUT2D eigenvalue weighted by Gasteiger charge is -2.32. The van der Waals surface area contributed by atoms with E-state index in [-0.39, 0.29) is 22.3 Å². The van der Waals surface area contributed by atoms with Crippen molar-refractivity contribution >= 4 is 16.5 Å². The van der Waals surface area contributed by atoms with Crippen molar-refractivity contribution in [2.45, 2.75) is 5.41 Å². The van der Waals surface area contributed by atoms with E-state index in [0.29, 0.717) is 33.3 Å². The van der Waals surface area contributed by atoms with E-state index in [1.165, 1.54) is 0 Å². The van der Waals surface area contributed by atoms with Crippen LogP contribution in [0.3, 0.4) is 0 Å². The molecule has 9 nitrogen and oxygen atoms in total.